The molecule has 0 bridgehead atoms. The number of phenols is 2. The third-order valence-corrected chi connectivity index (χ3v) is 7.92. The molecular weight excluding hydrogens is 492 g/mol. The average molecular weight is 531 g/mol. The van der Waals surface area contributed by atoms with Gasteiger partial charge >= 0.3 is 0 Å². The second-order valence-electron chi connectivity index (χ2n) is 10.6. The molecule has 0 aromatic heterocycles. The lowest BCUT2D eigenvalue weighted by Crippen LogP contribution is -2.27. The number of benzene rings is 4. The fourth-order valence-corrected chi connectivity index (χ4v) is 5.56. The van der Waals surface area contributed by atoms with Crippen molar-refractivity contribution >= 4 is 12.4 Å². The Morgan fingerprint density at radius 1 is 0.600 bits per heavy atom. The fourth-order valence-electron chi connectivity index (χ4n) is 5.56. The predicted molar refractivity (Wildman–Crippen MR) is 167 cm³/mol. The number of aliphatic imine (C=N–C) groups is 2. The lowest BCUT2D eigenvalue weighted by atomic mass is 9.91. The highest BCUT2D eigenvalue weighted by Crippen LogP contribution is 2.32. The summed E-state index contributed by atoms with van der Waals surface area (Å²) in [6.45, 7) is 4.12. The highest BCUT2D eigenvalue weighted by Gasteiger charge is 2.24. The van der Waals surface area contributed by atoms with Crippen molar-refractivity contribution in [1.82, 2.24) is 0 Å². The molecule has 40 heavy (non-hydrogen) atoms. The molecular formula is C36H38N2O2. The van der Waals surface area contributed by atoms with Crippen molar-refractivity contribution in [1.29, 1.82) is 0 Å². The van der Waals surface area contributed by atoms with Crippen LogP contribution in [0, 0.1) is 0 Å². The summed E-state index contributed by atoms with van der Waals surface area (Å²) < 4.78 is 0. The molecule has 0 radical (unpaired) electrons. The molecule has 2 unspecified atom stereocenters. The Hall–Kier alpha value is -4.18. The Morgan fingerprint density at radius 3 is 1.38 bits per heavy atom. The number of aryl methyl sites for hydroxylation is 2. The summed E-state index contributed by atoms with van der Waals surface area (Å²) in [7, 11) is 0. The van der Waals surface area contributed by atoms with Crippen LogP contribution >= 0.6 is 0 Å². The molecule has 4 aromatic carbocycles. The number of hydrogen-bond acceptors (Lipinski definition) is 4. The quantitative estimate of drug-likeness (QED) is 0.225. The maximum atomic E-state index is 11.0. The van der Waals surface area contributed by atoms with Crippen LogP contribution in [0.1, 0.15) is 61.8 Å². The van der Waals surface area contributed by atoms with Crippen LogP contribution in [0.15, 0.2) is 94.9 Å². The number of rotatable bonds is 8. The van der Waals surface area contributed by atoms with Gasteiger partial charge in [-0.05, 0) is 83.3 Å². The molecule has 1 aliphatic rings. The zero-order chi connectivity index (χ0) is 27.9. The van der Waals surface area contributed by atoms with Gasteiger partial charge in [0.2, 0.25) is 0 Å². The second kappa shape index (κ2) is 12.8. The van der Waals surface area contributed by atoms with Crippen molar-refractivity contribution in [2.45, 2.75) is 64.5 Å². The molecule has 2 N–H and O–H groups in total. The lowest BCUT2D eigenvalue weighted by molar-refractivity contribution is 0.390. The van der Waals surface area contributed by atoms with E-state index in [0.717, 1.165) is 83.0 Å². The van der Waals surface area contributed by atoms with Crippen molar-refractivity contribution in [3.05, 3.63) is 107 Å². The lowest BCUT2D eigenvalue weighted by Gasteiger charge is -2.25. The van der Waals surface area contributed by atoms with E-state index in [2.05, 4.69) is 50.2 Å². The van der Waals surface area contributed by atoms with Gasteiger partial charge in [0.05, 0.1) is 12.1 Å². The first-order chi connectivity index (χ1) is 19.6. The summed E-state index contributed by atoms with van der Waals surface area (Å²) >= 11 is 0. The van der Waals surface area contributed by atoms with E-state index in [-0.39, 0.29) is 12.1 Å². The third kappa shape index (κ3) is 6.17. The van der Waals surface area contributed by atoms with E-state index in [1.54, 1.807) is 0 Å². The van der Waals surface area contributed by atoms with E-state index >= 15 is 0 Å². The van der Waals surface area contributed by atoms with Crippen molar-refractivity contribution < 1.29 is 10.2 Å². The van der Waals surface area contributed by atoms with Gasteiger partial charge in [-0.3, -0.25) is 9.98 Å². The molecule has 4 aromatic rings. The average Bonchev–Trinajstić information content (AvgIpc) is 3.01. The molecule has 204 valence electrons. The number of nitrogens with zero attached hydrogens (tertiary/aromatic N) is 2. The van der Waals surface area contributed by atoms with E-state index in [9.17, 15) is 10.2 Å². The molecule has 2 atom stereocenters. The molecule has 0 spiro atoms. The Morgan fingerprint density at radius 2 is 1.00 bits per heavy atom. The van der Waals surface area contributed by atoms with E-state index < -0.39 is 0 Å². The summed E-state index contributed by atoms with van der Waals surface area (Å²) in [4.78, 5) is 9.96. The van der Waals surface area contributed by atoms with Crippen molar-refractivity contribution in [3.8, 4) is 33.8 Å². The minimum atomic E-state index is 0.0277. The molecule has 1 saturated carbocycles. The second-order valence-corrected chi connectivity index (χ2v) is 10.6. The van der Waals surface area contributed by atoms with Gasteiger partial charge in [-0.2, -0.15) is 0 Å². The molecule has 1 fully saturated rings. The van der Waals surface area contributed by atoms with Crippen LogP contribution in [0.5, 0.6) is 11.5 Å². The van der Waals surface area contributed by atoms with Crippen LogP contribution in [0.3, 0.4) is 0 Å². The van der Waals surface area contributed by atoms with Crippen LogP contribution in [-0.4, -0.2) is 34.7 Å². The molecule has 0 aliphatic heterocycles. The summed E-state index contributed by atoms with van der Waals surface area (Å²) in [6.07, 6.45) is 9.29. The van der Waals surface area contributed by atoms with E-state index in [0.29, 0.717) is 11.5 Å². The molecule has 5 rings (SSSR count). The SMILES string of the molecule is CCc1cc(-c2ccccc2)cc(C=NC2CCCCC2N=Cc2cc(-c3ccccc3)cc(CC)c2O)c1O. The fraction of sp³-hybridized carbons (Fsp3) is 0.278. The van der Waals surface area contributed by atoms with Gasteiger partial charge in [0.15, 0.2) is 0 Å². The van der Waals surface area contributed by atoms with Crippen molar-refractivity contribution in [2.24, 2.45) is 9.98 Å². The van der Waals surface area contributed by atoms with Crippen LogP contribution in [-0.2, 0) is 12.8 Å². The Balaban J connectivity index is 1.42. The molecule has 4 heteroatoms. The summed E-state index contributed by atoms with van der Waals surface area (Å²) in [6, 6.07) is 28.7. The minimum absolute atomic E-state index is 0.0277. The maximum Gasteiger partial charge on any atom is 0.127 e. The van der Waals surface area contributed by atoms with Crippen LogP contribution in [0.2, 0.25) is 0 Å². The normalized spacial score (nSPS) is 17.6. The topological polar surface area (TPSA) is 65.2 Å². The Labute approximate surface area is 237 Å². The van der Waals surface area contributed by atoms with Gasteiger partial charge in [0.25, 0.3) is 0 Å². The van der Waals surface area contributed by atoms with Crippen LogP contribution in [0.25, 0.3) is 22.3 Å². The van der Waals surface area contributed by atoms with Gasteiger partial charge < -0.3 is 10.2 Å². The highest BCUT2D eigenvalue weighted by atomic mass is 16.3. The zero-order valence-corrected chi connectivity index (χ0v) is 23.4. The highest BCUT2D eigenvalue weighted by molar-refractivity contribution is 5.88. The summed E-state index contributed by atoms with van der Waals surface area (Å²) in [5, 5.41) is 21.9. The molecule has 0 amide bonds. The van der Waals surface area contributed by atoms with Gasteiger partial charge in [-0.15, -0.1) is 0 Å². The molecule has 0 heterocycles. The van der Waals surface area contributed by atoms with Gasteiger partial charge in [0, 0.05) is 23.6 Å². The standard InChI is InChI=1S/C36H38N2O2/c1-3-25-19-29(27-13-7-5-8-14-27)21-31(35(25)39)23-37-33-17-11-12-18-34(33)38-24-32-22-30(20-26(4-2)36(32)40)28-15-9-6-10-16-28/h5-10,13-16,19-24,33-34,39-40H,3-4,11-12,17-18H2,1-2H3. The van der Waals surface area contributed by atoms with Crippen LogP contribution < -0.4 is 0 Å². The number of hydrogen-bond donors (Lipinski definition) is 2. The first kappa shape index (κ1) is 27.4. The molecule has 0 saturated heterocycles. The Bertz CT molecular complexity index is 1380. The van der Waals surface area contributed by atoms with Gasteiger partial charge in [-0.1, -0.05) is 87.4 Å². The molecule has 1 aliphatic carbocycles. The Kier molecular flexibility index (Phi) is 8.75. The summed E-state index contributed by atoms with van der Waals surface area (Å²) in [5.41, 5.74) is 7.72. The first-order valence-electron chi connectivity index (χ1n) is 14.5. The minimum Gasteiger partial charge on any atom is -0.507 e. The third-order valence-electron chi connectivity index (χ3n) is 7.92. The van der Waals surface area contributed by atoms with Crippen molar-refractivity contribution in [2.75, 3.05) is 0 Å². The van der Waals surface area contributed by atoms with Crippen LogP contribution in [0.4, 0.5) is 0 Å². The van der Waals surface area contributed by atoms with E-state index in [4.69, 9.17) is 9.98 Å². The monoisotopic (exact) mass is 530 g/mol. The summed E-state index contributed by atoms with van der Waals surface area (Å²) in [5.74, 6) is 0.605. The number of aromatic hydroxyl groups is 2. The van der Waals surface area contributed by atoms with Gasteiger partial charge in [0.1, 0.15) is 11.5 Å². The van der Waals surface area contributed by atoms with E-state index in [1.807, 2.05) is 61.0 Å². The largest absolute Gasteiger partial charge is 0.507 e. The zero-order valence-electron chi connectivity index (χ0n) is 23.4. The molecule has 4 nitrogen and oxygen atoms in total. The van der Waals surface area contributed by atoms with Crippen molar-refractivity contribution in [3.63, 3.8) is 0 Å². The number of phenolic OH excluding ortho intramolecular Hbond substituents is 2. The van der Waals surface area contributed by atoms with Gasteiger partial charge in [-0.25, -0.2) is 0 Å². The first-order valence-corrected chi connectivity index (χ1v) is 14.5. The smallest absolute Gasteiger partial charge is 0.127 e. The predicted octanol–water partition coefficient (Wildman–Crippen LogP) is 8.41. The van der Waals surface area contributed by atoms with E-state index in [1.165, 1.54) is 0 Å². The maximum absolute atomic E-state index is 11.0.